The number of phenols is 1. The molecule has 0 aliphatic carbocycles. The minimum Gasteiger partial charge on any atom is -0.506 e. The molecule has 0 spiro atoms. The van der Waals surface area contributed by atoms with Gasteiger partial charge in [0.15, 0.2) is 5.96 Å². The number of nitrogens with one attached hydrogen (secondary N) is 1. The number of aliphatic imine (C=N–C) groups is 1. The van der Waals surface area contributed by atoms with Crippen LogP contribution in [-0.4, -0.2) is 58.5 Å². The Morgan fingerprint density at radius 1 is 1.03 bits per heavy atom. The number of piperazine rings is 1. The molecule has 0 radical (unpaired) electrons. The van der Waals surface area contributed by atoms with E-state index in [0.29, 0.717) is 12.3 Å². The Bertz CT molecular complexity index is 966. The molecule has 1 aromatic heterocycles. The number of halogens is 1. The maximum absolute atomic E-state index is 10.1. The highest BCUT2D eigenvalue weighted by molar-refractivity contribution is 14.0. The Morgan fingerprint density at radius 2 is 1.77 bits per heavy atom. The summed E-state index contributed by atoms with van der Waals surface area (Å²) in [5, 5.41) is 17.8. The van der Waals surface area contributed by atoms with Crippen molar-refractivity contribution in [3.8, 4) is 11.4 Å². The molecule has 0 amide bonds. The van der Waals surface area contributed by atoms with Gasteiger partial charge in [0.25, 0.3) is 0 Å². The smallest absolute Gasteiger partial charge is 0.194 e. The fourth-order valence-corrected chi connectivity index (χ4v) is 3.66. The van der Waals surface area contributed by atoms with Gasteiger partial charge in [-0.3, -0.25) is 0 Å². The molecule has 2 N–H and O–H groups in total. The molecular formula is C23H29IN6O. The number of para-hydroxylation sites is 2. The van der Waals surface area contributed by atoms with Gasteiger partial charge in [-0.2, -0.15) is 5.10 Å². The molecular weight excluding hydrogens is 503 g/mol. The van der Waals surface area contributed by atoms with Gasteiger partial charge >= 0.3 is 0 Å². The van der Waals surface area contributed by atoms with Crippen molar-refractivity contribution in [2.45, 2.75) is 13.5 Å². The van der Waals surface area contributed by atoms with Gasteiger partial charge in [0, 0.05) is 45.1 Å². The fraction of sp³-hybridized carbons (Fsp3) is 0.304. The van der Waals surface area contributed by atoms with Gasteiger partial charge in [-0.05, 0) is 42.8 Å². The van der Waals surface area contributed by atoms with Crippen molar-refractivity contribution in [3.05, 3.63) is 72.6 Å². The van der Waals surface area contributed by atoms with E-state index >= 15 is 0 Å². The van der Waals surface area contributed by atoms with Gasteiger partial charge in [0.2, 0.25) is 0 Å². The van der Waals surface area contributed by atoms with Crippen LogP contribution in [0.4, 0.5) is 5.69 Å². The highest BCUT2D eigenvalue weighted by Crippen LogP contribution is 2.27. The van der Waals surface area contributed by atoms with E-state index in [9.17, 15) is 5.11 Å². The molecule has 31 heavy (non-hydrogen) atoms. The minimum absolute atomic E-state index is 0. The molecule has 0 bridgehead atoms. The van der Waals surface area contributed by atoms with E-state index in [2.05, 4.69) is 51.4 Å². The highest BCUT2D eigenvalue weighted by atomic mass is 127. The molecule has 1 aliphatic rings. The summed E-state index contributed by atoms with van der Waals surface area (Å²) in [7, 11) is 0. The van der Waals surface area contributed by atoms with Crippen molar-refractivity contribution in [3.63, 3.8) is 0 Å². The molecule has 7 nitrogen and oxygen atoms in total. The van der Waals surface area contributed by atoms with E-state index in [4.69, 9.17) is 4.99 Å². The number of nitrogens with zero attached hydrogens (tertiary/aromatic N) is 5. The summed E-state index contributed by atoms with van der Waals surface area (Å²) < 4.78 is 1.85. The monoisotopic (exact) mass is 532 g/mol. The molecule has 1 aliphatic heterocycles. The molecule has 0 saturated carbocycles. The van der Waals surface area contributed by atoms with Crippen LogP contribution in [0.3, 0.4) is 0 Å². The number of rotatable bonds is 5. The second kappa shape index (κ2) is 11.0. The number of hydrogen-bond acceptors (Lipinski definition) is 4. The van der Waals surface area contributed by atoms with Crippen LogP contribution in [0.2, 0.25) is 0 Å². The second-order valence-electron chi connectivity index (χ2n) is 7.25. The normalized spacial score (nSPS) is 14.3. The van der Waals surface area contributed by atoms with E-state index in [1.165, 1.54) is 0 Å². The molecule has 164 valence electrons. The van der Waals surface area contributed by atoms with Crippen molar-refractivity contribution in [2.24, 2.45) is 4.99 Å². The molecule has 1 saturated heterocycles. The van der Waals surface area contributed by atoms with Crippen molar-refractivity contribution < 1.29 is 5.11 Å². The molecule has 0 unspecified atom stereocenters. The van der Waals surface area contributed by atoms with Crippen LogP contribution in [0.15, 0.2) is 72.0 Å². The maximum atomic E-state index is 10.1. The second-order valence-corrected chi connectivity index (χ2v) is 7.25. The van der Waals surface area contributed by atoms with Gasteiger partial charge in [-0.1, -0.05) is 24.3 Å². The predicted octanol–water partition coefficient (Wildman–Crippen LogP) is 3.48. The number of hydrogen-bond donors (Lipinski definition) is 2. The number of aromatic nitrogens is 2. The Labute approximate surface area is 200 Å². The van der Waals surface area contributed by atoms with E-state index < -0.39 is 0 Å². The lowest BCUT2D eigenvalue weighted by molar-refractivity contribution is 0.369. The van der Waals surface area contributed by atoms with Gasteiger partial charge < -0.3 is 20.2 Å². The Balaban J connectivity index is 0.00000272. The number of phenolic OH excluding ortho intramolecular Hbond substituents is 1. The van der Waals surface area contributed by atoms with Gasteiger partial charge in [0.05, 0.1) is 17.9 Å². The standard InChI is InChI=1S/C23H28N6O.HI/c1-2-24-23(25-18-19-8-10-20(11-9-19)29-13-5-12-26-29)28-16-14-27(15-17-28)21-6-3-4-7-22(21)30;/h3-13,30H,2,14-18H2,1H3,(H,24,25);1H. The van der Waals surface area contributed by atoms with Crippen LogP contribution < -0.4 is 10.2 Å². The summed E-state index contributed by atoms with van der Waals surface area (Å²) in [6.45, 7) is 6.96. The number of anilines is 1. The lowest BCUT2D eigenvalue weighted by Crippen LogP contribution is -2.52. The number of guanidine groups is 1. The topological polar surface area (TPSA) is 68.9 Å². The molecule has 1 fully saturated rings. The van der Waals surface area contributed by atoms with Crippen molar-refractivity contribution >= 4 is 35.6 Å². The fourth-order valence-electron chi connectivity index (χ4n) is 3.66. The average Bonchev–Trinajstić information content (AvgIpc) is 3.33. The Morgan fingerprint density at radius 3 is 2.42 bits per heavy atom. The molecule has 3 aromatic rings. The zero-order valence-corrected chi connectivity index (χ0v) is 20.0. The van der Waals surface area contributed by atoms with E-state index in [-0.39, 0.29) is 24.0 Å². The van der Waals surface area contributed by atoms with E-state index in [1.807, 2.05) is 35.1 Å². The lowest BCUT2D eigenvalue weighted by atomic mass is 10.2. The summed E-state index contributed by atoms with van der Waals surface area (Å²) in [6.07, 6.45) is 3.71. The van der Waals surface area contributed by atoms with Gasteiger partial charge in [0.1, 0.15) is 5.75 Å². The zero-order valence-electron chi connectivity index (χ0n) is 17.7. The first-order chi connectivity index (χ1) is 14.7. The first kappa shape index (κ1) is 22.9. The maximum Gasteiger partial charge on any atom is 0.194 e. The minimum atomic E-state index is 0. The number of benzene rings is 2. The SMILES string of the molecule is CCNC(=NCc1ccc(-n2cccn2)cc1)N1CCN(c2ccccc2O)CC1.I. The van der Waals surface area contributed by atoms with Crippen LogP contribution in [0.25, 0.3) is 5.69 Å². The van der Waals surface area contributed by atoms with Crippen LogP contribution in [0.1, 0.15) is 12.5 Å². The molecule has 0 atom stereocenters. The third-order valence-corrected chi connectivity index (χ3v) is 5.25. The van der Waals surface area contributed by atoms with Crippen molar-refractivity contribution in [2.75, 3.05) is 37.6 Å². The van der Waals surface area contributed by atoms with Crippen molar-refractivity contribution in [1.82, 2.24) is 20.0 Å². The van der Waals surface area contributed by atoms with Gasteiger partial charge in [-0.15, -0.1) is 24.0 Å². The largest absolute Gasteiger partial charge is 0.506 e. The first-order valence-corrected chi connectivity index (χ1v) is 10.4. The summed E-state index contributed by atoms with van der Waals surface area (Å²) >= 11 is 0. The Kier molecular flexibility index (Phi) is 8.16. The Hall–Kier alpha value is -2.75. The van der Waals surface area contributed by atoms with E-state index in [1.54, 1.807) is 12.3 Å². The molecule has 2 heterocycles. The van der Waals surface area contributed by atoms with Crippen molar-refractivity contribution in [1.29, 1.82) is 0 Å². The quantitative estimate of drug-likeness (QED) is 0.299. The molecule has 2 aromatic carbocycles. The molecule has 4 rings (SSSR count). The summed E-state index contributed by atoms with van der Waals surface area (Å²) in [6, 6.07) is 17.8. The van der Waals surface area contributed by atoms with Gasteiger partial charge in [-0.25, -0.2) is 9.67 Å². The van der Waals surface area contributed by atoms with E-state index in [0.717, 1.165) is 55.6 Å². The summed E-state index contributed by atoms with van der Waals surface area (Å²) in [5.41, 5.74) is 3.10. The summed E-state index contributed by atoms with van der Waals surface area (Å²) in [4.78, 5) is 9.37. The first-order valence-electron chi connectivity index (χ1n) is 10.4. The third kappa shape index (κ3) is 5.69. The predicted molar refractivity (Wildman–Crippen MR) is 136 cm³/mol. The van der Waals surface area contributed by atoms with Crippen LogP contribution >= 0.6 is 24.0 Å². The zero-order chi connectivity index (χ0) is 20.8. The molecule has 8 heteroatoms. The van der Waals surface area contributed by atoms with Crippen LogP contribution in [0.5, 0.6) is 5.75 Å². The third-order valence-electron chi connectivity index (χ3n) is 5.25. The summed E-state index contributed by atoms with van der Waals surface area (Å²) in [5.74, 6) is 1.27. The van der Waals surface area contributed by atoms with Crippen LogP contribution in [-0.2, 0) is 6.54 Å². The lowest BCUT2D eigenvalue weighted by Gasteiger charge is -2.37. The highest BCUT2D eigenvalue weighted by Gasteiger charge is 2.21. The average molecular weight is 532 g/mol. The van der Waals surface area contributed by atoms with Crippen LogP contribution in [0, 0.1) is 0 Å². The number of aromatic hydroxyl groups is 1.